The van der Waals surface area contributed by atoms with E-state index in [2.05, 4.69) is 31.9 Å². The Balaban J connectivity index is 1.58. The number of carbonyl (C=O) groups excluding carboxylic acids is 2. The summed E-state index contributed by atoms with van der Waals surface area (Å²) in [4.78, 5) is 26.5. The van der Waals surface area contributed by atoms with E-state index < -0.39 is 30.3 Å². The Morgan fingerprint density at radius 3 is 2.21 bits per heavy atom. The van der Waals surface area contributed by atoms with Gasteiger partial charge in [0.05, 0.1) is 29.1 Å². The van der Waals surface area contributed by atoms with Crippen molar-refractivity contribution in [2.24, 2.45) is 28.9 Å². The van der Waals surface area contributed by atoms with Crippen molar-refractivity contribution in [2.75, 3.05) is 13.1 Å². The zero-order valence-electron chi connectivity index (χ0n) is 15.4. The van der Waals surface area contributed by atoms with Crippen LogP contribution in [0.2, 0.25) is 5.02 Å². The van der Waals surface area contributed by atoms with Crippen LogP contribution in [0.5, 0.6) is 0 Å². The number of amides is 2. The highest BCUT2D eigenvalue weighted by atomic mass is 79.9. The molecule has 1 aliphatic heterocycles. The lowest BCUT2D eigenvalue weighted by molar-refractivity contribution is -0.129. The standard InChI is InChI=1S/C20H19Br2ClF2N2O2/c21-11-3-12(22)16(23)15(17(28)27-6-20(24,25)7-27)14(11)13-8-1-10-2-9(13)5-19(10,4-8)18(26)29/h3,8-10,13H,1-2,4-7H2,(H2,26,29). The Labute approximate surface area is 188 Å². The minimum Gasteiger partial charge on any atom is -0.369 e. The molecule has 0 spiro atoms. The van der Waals surface area contributed by atoms with E-state index in [1.54, 1.807) is 0 Å². The van der Waals surface area contributed by atoms with Gasteiger partial charge in [-0.2, -0.15) is 0 Å². The second kappa shape index (κ2) is 6.39. The number of carbonyl (C=O) groups is 2. The quantitative estimate of drug-likeness (QED) is 0.539. The lowest BCUT2D eigenvalue weighted by Crippen LogP contribution is -2.58. The largest absolute Gasteiger partial charge is 0.369 e. The molecule has 5 fully saturated rings. The maximum atomic E-state index is 13.4. The maximum Gasteiger partial charge on any atom is 0.282 e. The molecule has 5 aliphatic rings. The Bertz CT molecular complexity index is 933. The van der Waals surface area contributed by atoms with E-state index in [0.717, 1.165) is 40.6 Å². The van der Waals surface area contributed by atoms with Crippen molar-refractivity contribution in [1.82, 2.24) is 4.90 Å². The van der Waals surface area contributed by atoms with Gasteiger partial charge in [-0.25, -0.2) is 8.78 Å². The third kappa shape index (κ3) is 2.77. The van der Waals surface area contributed by atoms with Crippen molar-refractivity contribution < 1.29 is 18.4 Å². The molecule has 2 unspecified atom stereocenters. The monoisotopic (exact) mass is 550 g/mol. The van der Waals surface area contributed by atoms with Crippen LogP contribution < -0.4 is 5.73 Å². The van der Waals surface area contributed by atoms with Crippen LogP contribution in [0.15, 0.2) is 15.0 Å². The number of hydrogen-bond acceptors (Lipinski definition) is 2. The molecule has 2 amide bonds. The van der Waals surface area contributed by atoms with Gasteiger partial charge in [-0.05, 0) is 76.9 Å². The van der Waals surface area contributed by atoms with Crippen LogP contribution in [0.25, 0.3) is 0 Å². The average Bonchev–Trinajstić information content (AvgIpc) is 3.05. The van der Waals surface area contributed by atoms with E-state index in [1.165, 1.54) is 0 Å². The van der Waals surface area contributed by atoms with Gasteiger partial charge in [-0.1, -0.05) is 27.5 Å². The first-order valence-electron chi connectivity index (χ1n) is 9.68. The van der Waals surface area contributed by atoms with Crippen LogP contribution in [-0.2, 0) is 4.79 Å². The van der Waals surface area contributed by atoms with Gasteiger partial charge in [0, 0.05) is 8.95 Å². The number of nitrogens with two attached hydrogens (primary N) is 1. The maximum absolute atomic E-state index is 13.4. The Morgan fingerprint density at radius 1 is 1.14 bits per heavy atom. The summed E-state index contributed by atoms with van der Waals surface area (Å²) < 4.78 is 28.1. The minimum absolute atomic E-state index is 0.0573. The molecule has 2 N–H and O–H groups in total. The van der Waals surface area contributed by atoms with Gasteiger partial charge in [-0.15, -0.1) is 0 Å². The summed E-state index contributed by atoms with van der Waals surface area (Å²) >= 11 is 13.5. The van der Waals surface area contributed by atoms with Gasteiger partial charge in [0.15, 0.2) is 0 Å². The lowest BCUT2D eigenvalue weighted by atomic mass is 9.65. The molecular weight excluding hydrogens is 533 g/mol. The third-order valence-electron chi connectivity index (χ3n) is 7.60. The van der Waals surface area contributed by atoms with Crippen LogP contribution in [0, 0.1) is 23.2 Å². The van der Waals surface area contributed by atoms with E-state index in [4.69, 9.17) is 17.3 Å². The topological polar surface area (TPSA) is 63.4 Å². The summed E-state index contributed by atoms with van der Waals surface area (Å²) in [5.41, 5.74) is 6.46. The third-order valence-corrected chi connectivity index (χ3v) is 9.51. The van der Waals surface area contributed by atoms with Crippen molar-refractivity contribution in [3.8, 4) is 0 Å². The number of nitrogens with zero attached hydrogens (tertiary/aromatic N) is 1. The van der Waals surface area contributed by atoms with Crippen LogP contribution in [0.3, 0.4) is 0 Å². The van der Waals surface area contributed by atoms with Crippen molar-refractivity contribution in [2.45, 2.75) is 37.5 Å². The van der Waals surface area contributed by atoms with Gasteiger partial charge in [-0.3, -0.25) is 9.59 Å². The zero-order chi connectivity index (χ0) is 20.9. The lowest BCUT2D eigenvalue weighted by Gasteiger charge is -2.42. The molecule has 9 heteroatoms. The number of likely N-dealkylation sites (tertiary alicyclic amines) is 1. The van der Waals surface area contributed by atoms with E-state index in [9.17, 15) is 18.4 Å². The second-order valence-electron chi connectivity index (χ2n) is 9.10. The van der Waals surface area contributed by atoms with Crippen molar-refractivity contribution >= 4 is 55.3 Å². The number of alkyl halides is 2. The van der Waals surface area contributed by atoms with E-state index >= 15 is 0 Å². The van der Waals surface area contributed by atoms with Gasteiger partial charge >= 0.3 is 0 Å². The Morgan fingerprint density at radius 2 is 1.72 bits per heavy atom. The fraction of sp³-hybridized carbons (Fsp3) is 0.600. The molecule has 29 heavy (non-hydrogen) atoms. The summed E-state index contributed by atoms with van der Waals surface area (Å²) in [5, 5.41) is 0.254. The SMILES string of the molecule is NC(=O)C12CC3CC1CC(C2)C3c1c(Br)cc(Br)c(Cl)c1C(=O)N1CC(F)(F)C1. The van der Waals surface area contributed by atoms with E-state index in [1.807, 2.05) is 6.07 Å². The number of halogens is 5. The predicted octanol–water partition coefficient (Wildman–Crippen LogP) is 4.96. The fourth-order valence-corrected chi connectivity index (χ4v) is 8.22. The smallest absolute Gasteiger partial charge is 0.282 e. The molecule has 4 saturated carbocycles. The minimum atomic E-state index is -2.84. The molecule has 0 aromatic heterocycles. The molecule has 1 aromatic rings. The first kappa shape index (κ1) is 20.2. The van der Waals surface area contributed by atoms with Crippen molar-refractivity contribution in [3.05, 3.63) is 31.2 Å². The number of rotatable bonds is 3. The molecule has 4 nitrogen and oxygen atoms in total. The van der Waals surface area contributed by atoms with E-state index in [-0.39, 0.29) is 28.7 Å². The Kier molecular flexibility index (Phi) is 4.45. The zero-order valence-corrected chi connectivity index (χ0v) is 19.3. The van der Waals surface area contributed by atoms with Crippen LogP contribution >= 0.6 is 43.5 Å². The average molecular weight is 553 g/mol. The van der Waals surface area contributed by atoms with E-state index in [0.29, 0.717) is 16.0 Å². The van der Waals surface area contributed by atoms with Crippen molar-refractivity contribution in [3.63, 3.8) is 0 Å². The van der Waals surface area contributed by atoms with Crippen LogP contribution in [0.4, 0.5) is 8.78 Å². The number of primary amides is 1. The number of benzene rings is 1. The van der Waals surface area contributed by atoms with Crippen LogP contribution in [-0.4, -0.2) is 35.7 Å². The predicted molar refractivity (Wildman–Crippen MR) is 111 cm³/mol. The molecule has 4 aliphatic carbocycles. The van der Waals surface area contributed by atoms with Gasteiger partial charge < -0.3 is 10.6 Å². The highest BCUT2D eigenvalue weighted by Gasteiger charge is 2.65. The fourth-order valence-electron chi connectivity index (χ4n) is 6.56. The molecule has 156 valence electrons. The molecule has 2 atom stereocenters. The normalized spacial score (nSPS) is 36.4. The Hall–Kier alpha value is -0.730. The van der Waals surface area contributed by atoms with Crippen molar-refractivity contribution in [1.29, 1.82) is 0 Å². The summed E-state index contributed by atoms with van der Waals surface area (Å²) in [6.45, 7) is -1.17. The molecule has 1 heterocycles. The summed E-state index contributed by atoms with van der Waals surface area (Å²) in [7, 11) is 0. The van der Waals surface area contributed by atoms with Crippen LogP contribution in [0.1, 0.15) is 47.5 Å². The second-order valence-corrected chi connectivity index (χ2v) is 11.2. The molecule has 6 rings (SSSR count). The first-order chi connectivity index (χ1) is 13.5. The summed E-state index contributed by atoms with van der Waals surface area (Å²) in [6, 6.07) is 1.82. The molecule has 4 bridgehead atoms. The number of hydrogen-bond donors (Lipinski definition) is 1. The molecule has 1 saturated heterocycles. The van der Waals surface area contributed by atoms with Gasteiger partial charge in [0.1, 0.15) is 0 Å². The molecule has 1 aromatic carbocycles. The van der Waals surface area contributed by atoms with Gasteiger partial charge in [0.25, 0.3) is 11.8 Å². The van der Waals surface area contributed by atoms with Gasteiger partial charge in [0.2, 0.25) is 5.91 Å². The summed E-state index contributed by atoms with van der Waals surface area (Å²) in [5.74, 6) is -2.68. The molecule has 0 radical (unpaired) electrons. The first-order valence-corrected chi connectivity index (χ1v) is 11.6. The highest BCUT2D eigenvalue weighted by Crippen LogP contribution is 2.70. The summed E-state index contributed by atoms with van der Waals surface area (Å²) in [6.07, 6.45) is 3.26. The highest BCUT2D eigenvalue weighted by molar-refractivity contribution is 9.11. The molecular formula is C20H19Br2ClF2N2O2.